The Balaban J connectivity index is 2.86. The van der Waals surface area contributed by atoms with E-state index in [0.717, 1.165) is 5.56 Å². The maximum atomic E-state index is 12.1. The van der Waals surface area contributed by atoms with Crippen molar-refractivity contribution in [3.63, 3.8) is 0 Å². The van der Waals surface area contributed by atoms with Crippen molar-refractivity contribution >= 4 is 12.1 Å². The Hall–Kier alpha value is -2.11. The number of nitrogens with one attached hydrogen (secondary N) is 1. The summed E-state index contributed by atoms with van der Waals surface area (Å²) in [5.74, 6) is -0.716. The molecule has 0 aromatic carbocycles. The van der Waals surface area contributed by atoms with Gasteiger partial charge < -0.3 is 15.2 Å². The number of hydrogen-bond acceptors (Lipinski definition) is 4. The van der Waals surface area contributed by atoms with E-state index in [1.165, 1.54) is 0 Å². The van der Waals surface area contributed by atoms with Crippen LogP contribution in [0.2, 0.25) is 0 Å². The number of carboxylic acid groups (broad SMARTS) is 1. The van der Waals surface area contributed by atoms with Crippen LogP contribution in [0.15, 0.2) is 24.5 Å². The molecule has 6 heteroatoms. The molecule has 140 valence electrons. The Kier molecular flexibility index (Phi) is 7.39. The molecule has 0 aliphatic heterocycles. The highest BCUT2D eigenvalue weighted by atomic mass is 16.6. The summed E-state index contributed by atoms with van der Waals surface area (Å²) < 4.78 is 5.23. The predicted molar refractivity (Wildman–Crippen MR) is 96.3 cm³/mol. The minimum Gasteiger partial charge on any atom is -0.481 e. The molecule has 0 aliphatic carbocycles. The van der Waals surface area contributed by atoms with Gasteiger partial charge in [0, 0.05) is 18.9 Å². The minimum atomic E-state index is -1.04. The van der Waals surface area contributed by atoms with Crippen LogP contribution in [-0.4, -0.2) is 34.3 Å². The summed E-state index contributed by atoms with van der Waals surface area (Å²) in [6.45, 7) is 9.31. The van der Waals surface area contributed by atoms with E-state index in [0.29, 0.717) is 19.3 Å². The number of aromatic nitrogens is 1. The summed E-state index contributed by atoms with van der Waals surface area (Å²) >= 11 is 0. The molecule has 1 rings (SSSR count). The molecule has 0 bridgehead atoms. The van der Waals surface area contributed by atoms with Gasteiger partial charge in [0.25, 0.3) is 0 Å². The van der Waals surface area contributed by atoms with Crippen molar-refractivity contribution in [2.45, 2.75) is 59.5 Å². The van der Waals surface area contributed by atoms with Gasteiger partial charge in [0.15, 0.2) is 0 Å². The molecule has 1 aromatic heterocycles. The first kappa shape index (κ1) is 20.9. The fourth-order valence-electron chi connectivity index (χ4n) is 2.80. The van der Waals surface area contributed by atoms with Crippen molar-refractivity contribution in [2.24, 2.45) is 11.3 Å². The van der Waals surface area contributed by atoms with E-state index >= 15 is 0 Å². The zero-order valence-corrected chi connectivity index (χ0v) is 15.8. The van der Waals surface area contributed by atoms with Crippen LogP contribution in [0.1, 0.15) is 53.0 Å². The van der Waals surface area contributed by atoms with Crippen LogP contribution in [0.25, 0.3) is 0 Å². The van der Waals surface area contributed by atoms with Gasteiger partial charge in [0.2, 0.25) is 0 Å². The van der Waals surface area contributed by atoms with Gasteiger partial charge in [0.05, 0.1) is 5.41 Å². The Bertz CT molecular complexity index is 567. The summed E-state index contributed by atoms with van der Waals surface area (Å²) in [4.78, 5) is 28.1. The summed E-state index contributed by atoms with van der Waals surface area (Å²) in [5.41, 5.74) is -0.681. The van der Waals surface area contributed by atoms with E-state index in [1.54, 1.807) is 33.2 Å². The Labute approximate surface area is 150 Å². The first-order valence-electron chi connectivity index (χ1n) is 8.63. The molecule has 0 fully saturated rings. The maximum absolute atomic E-state index is 12.1. The summed E-state index contributed by atoms with van der Waals surface area (Å²) in [5, 5.41) is 12.5. The fraction of sp³-hybridized carbons (Fsp3) is 0.632. The number of carbonyl (C=O) groups is 2. The molecule has 25 heavy (non-hydrogen) atoms. The lowest BCUT2D eigenvalue weighted by Crippen LogP contribution is -2.45. The van der Waals surface area contributed by atoms with Crippen molar-refractivity contribution in [2.75, 3.05) is 6.54 Å². The van der Waals surface area contributed by atoms with E-state index in [-0.39, 0.29) is 12.5 Å². The molecular weight excluding hydrogens is 320 g/mol. The van der Waals surface area contributed by atoms with Gasteiger partial charge in [-0.25, -0.2) is 4.79 Å². The fourth-order valence-corrected chi connectivity index (χ4v) is 2.80. The second-order valence-corrected chi connectivity index (χ2v) is 7.90. The van der Waals surface area contributed by atoms with E-state index in [4.69, 9.17) is 4.74 Å². The number of nitrogens with zero attached hydrogens (tertiary/aromatic N) is 1. The van der Waals surface area contributed by atoms with Crippen LogP contribution >= 0.6 is 0 Å². The molecular formula is C19H30N2O4. The van der Waals surface area contributed by atoms with Crippen LogP contribution in [0, 0.1) is 11.3 Å². The second-order valence-electron chi connectivity index (χ2n) is 7.90. The molecule has 1 atom stereocenters. The summed E-state index contributed by atoms with van der Waals surface area (Å²) in [6.07, 6.45) is 4.31. The molecule has 1 amide bonds. The van der Waals surface area contributed by atoms with Crippen molar-refractivity contribution < 1.29 is 19.4 Å². The van der Waals surface area contributed by atoms with Crippen LogP contribution in [-0.2, 0) is 16.0 Å². The van der Waals surface area contributed by atoms with Gasteiger partial charge >= 0.3 is 12.1 Å². The smallest absolute Gasteiger partial charge is 0.407 e. The highest BCUT2D eigenvalue weighted by Crippen LogP contribution is 2.32. The van der Waals surface area contributed by atoms with Crippen LogP contribution in [0.3, 0.4) is 0 Å². The average Bonchev–Trinajstić information content (AvgIpc) is 2.49. The van der Waals surface area contributed by atoms with E-state index in [2.05, 4.69) is 10.3 Å². The van der Waals surface area contributed by atoms with Crippen molar-refractivity contribution in [3.8, 4) is 0 Å². The van der Waals surface area contributed by atoms with Crippen molar-refractivity contribution in [1.82, 2.24) is 10.3 Å². The first-order chi connectivity index (χ1) is 11.5. The van der Waals surface area contributed by atoms with E-state index in [1.807, 2.05) is 26.0 Å². The van der Waals surface area contributed by atoms with Gasteiger partial charge in [-0.1, -0.05) is 19.9 Å². The van der Waals surface area contributed by atoms with Gasteiger partial charge in [-0.15, -0.1) is 0 Å². The number of carbonyl (C=O) groups excluding carboxylic acids is 1. The van der Waals surface area contributed by atoms with Crippen LogP contribution in [0.5, 0.6) is 0 Å². The number of amides is 1. The van der Waals surface area contributed by atoms with Crippen LogP contribution in [0.4, 0.5) is 4.79 Å². The number of alkyl carbamates (subject to hydrolysis) is 1. The molecule has 0 spiro atoms. The molecule has 1 heterocycles. The molecule has 0 aliphatic rings. The molecule has 0 radical (unpaired) electrons. The predicted octanol–water partition coefficient (Wildman–Crippen LogP) is 3.66. The standard InChI is InChI=1S/C19H30N2O4/c1-14(2)11-19(16(22)23,9-8-15-7-6-10-20-12-15)13-21-17(24)25-18(3,4)5/h6-7,10,12,14H,8-9,11,13H2,1-5H3,(H,21,24)(H,22,23). The molecule has 0 saturated carbocycles. The second kappa shape index (κ2) is 8.83. The third-order valence-corrected chi connectivity index (χ3v) is 3.84. The normalized spacial score (nSPS) is 14.0. The summed E-state index contributed by atoms with van der Waals surface area (Å²) in [6, 6.07) is 3.76. The maximum Gasteiger partial charge on any atom is 0.407 e. The highest BCUT2D eigenvalue weighted by Gasteiger charge is 2.39. The Morgan fingerprint density at radius 1 is 1.32 bits per heavy atom. The molecule has 1 unspecified atom stereocenters. The van der Waals surface area contributed by atoms with Crippen molar-refractivity contribution in [3.05, 3.63) is 30.1 Å². The van der Waals surface area contributed by atoms with Gasteiger partial charge in [-0.2, -0.15) is 0 Å². The highest BCUT2D eigenvalue weighted by molar-refractivity contribution is 5.76. The van der Waals surface area contributed by atoms with E-state index in [9.17, 15) is 14.7 Å². The van der Waals surface area contributed by atoms with Crippen molar-refractivity contribution in [1.29, 1.82) is 0 Å². The first-order valence-corrected chi connectivity index (χ1v) is 8.63. The van der Waals surface area contributed by atoms with Gasteiger partial charge in [-0.05, 0) is 57.6 Å². The molecule has 2 N–H and O–H groups in total. The Morgan fingerprint density at radius 2 is 2.00 bits per heavy atom. The topological polar surface area (TPSA) is 88.5 Å². The van der Waals surface area contributed by atoms with Gasteiger partial charge in [0.1, 0.15) is 5.60 Å². The third kappa shape index (κ3) is 7.54. The number of rotatable bonds is 8. The lowest BCUT2D eigenvalue weighted by Gasteiger charge is -2.32. The number of pyridine rings is 1. The Morgan fingerprint density at radius 3 is 2.48 bits per heavy atom. The lowest BCUT2D eigenvalue weighted by atomic mass is 9.75. The number of aliphatic carboxylic acids is 1. The minimum absolute atomic E-state index is 0.0374. The molecule has 6 nitrogen and oxygen atoms in total. The molecule has 1 aromatic rings. The number of hydrogen-bond donors (Lipinski definition) is 2. The number of carboxylic acids is 1. The monoisotopic (exact) mass is 350 g/mol. The molecule has 0 saturated heterocycles. The quantitative estimate of drug-likeness (QED) is 0.747. The number of ether oxygens (including phenoxy) is 1. The largest absolute Gasteiger partial charge is 0.481 e. The van der Waals surface area contributed by atoms with E-state index < -0.39 is 23.1 Å². The SMILES string of the molecule is CC(C)CC(CCc1cccnc1)(CNC(=O)OC(C)(C)C)C(=O)O. The third-order valence-electron chi connectivity index (χ3n) is 3.84. The lowest BCUT2D eigenvalue weighted by molar-refractivity contribution is -0.150. The van der Waals surface area contributed by atoms with Crippen LogP contribution < -0.4 is 5.32 Å². The van der Waals surface area contributed by atoms with Gasteiger partial charge in [-0.3, -0.25) is 9.78 Å². The number of aryl methyl sites for hydroxylation is 1. The summed E-state index contributed by atoms with van der Waals surface area (Å²) in [7, 11) is 0. The zero-order chi connectivity index (χ0) is 19.1. The zero-order valence-electron chi connectivity index (χ0n) is 15.8. The average molecular weight is 350 g/mol.